The summed E-state index contributed by atoms with van der Waals surface area (Å²) in [6, 6.07) is 11.6. The van der Waals surface area contributed by atoms with Crippen molar-refractivity contribution in [3.8, 4) is 0 Å². The van der Waals surface area contributed by atoms with Gasteiger partial charge in [-0.2, -0.15) is 0 Å². The summed E-state index contributed by atoms with van der Waals surface area (Å²) in [5, 5.41) is 3.61. The molecule has 0 amide bonds. The van der Waals surface area contributed by atoms with Crippen molar-refractivity contribution in [2.75, 3.05) is 6.54 Å². The van der Waals surface area contributed by atoms with Crippen molar-refractivity contribution in [1.82, 2.24) is 5.32 Å². The molecule has 2 rings (SSSR count). The number of halogens is 1. The Balaban J connectivity index is 2.18. The van der Waals surface area contributed by atoms with Gasteiger partial charge in [0.2, 0.25) is 0 Å². The molecular formula is C16H20INS. The number of rotatable bonds is 5. The predicted octanol–water partition coefficient (Wildman–Crippen LogP) is 4.86. The summed E-state index contributed by atoms with van der Waals surface area (Å²) in [7, 11) is 0. The molecule has 0 fully saturated rings. The van der Waals surface area contributed by atoms with Gasteiger partial charge in [0.15, 0.2) is 0 Å². The van der Waals surface area contributed by atoms with Crippen LogP contribution in [0.25, 0.3) is 0 Å². The van der Waals surface area contributed by atoms with Crippen LogP contribution >= 0.6 is 33.9 Å². The van der Waals surface area contributed by atoms with Crippen LogP contribution in [0.4, 0.5) is 0 Å². The highest BCUT2D eigenvalue weighted by atomic mass is 127. The lowest BCUT2D eigenvalue weighted by Gasteiger charge is -2.16. The summed E-state index contributed by atoms with van der Waals surface area (Å²) in [6.45, 7) is 7.58. The highest BCUT2D eigenvalue weighted by Gasteiger charge is 2.14. The zero-order valence-electron chi connectivity index (χ0n) is 11.7. The molecule has 1 atom stereocenters. The number of aryl methyl sites for hydroxylation is 2. The highest BCUT2D eigenvalue weighted by Crippen LogP contribution is 2.28. The van der Waals surface area contributed by atoms with E-state index < -0.39 is 0 Å². The van der Waals surface area contributed by atoms with Gasteiger partial charge in [-0.1, -0.05) is 19.1 Å². The Morgan fingerprint density at radius 1 is 1.21 bits per heavy atom. The Hall–Kier alpha value is -0.390. The van der Waals surface area contributed by atoms with Crippen LogP contribution < -0.4 is 5.32 Å². The van der Waals surface area contributed by atoms with E-state index in [0.717, 1.165) is 13.0 Å². The fourth-order valence-corrected chi connectivity index (χ4v) is 3.63. The molecule has 102 valence electrons. The molecule has 1 aromatic carbocycles. The number of likely N-dealkylation sites (N-methyl/N-ethyl adjacent to an activating group) is 1. The van der Waals surface area contributed by atoms with Gasteiger partial charge in [-0.15, -0.1) is 11.3 Å². The van der Waals surface area contributed by atoms with E-state index in [9.17, 15) is 0 Å². The fraction of sp³-hybridized carbons (Fsp3) is 0.375. The van der Waals surface area contributed by atoms with Crippen LogP contribution in [0, 0.1) is 17.4 Å². The van der Waals surface area contributed by atoms with Crippen LogP contribution in [0.2, 0.25) is 0 Å². The second kappa shape index (κ2) is 6.86. The summed E-state index contributed by atoms with van der Waals surface area (Å²) in [5.41, 5.74) is 2.81. The number of nitrogens with one attached hydrogen (secondary N) is 1. The maximum absolute atomic E-state index is 3.61. The van der Waals surface area contributed by atoms with Gasteiger partial charge in [0.05, 0.1) is 0 Å². The first-order valence-corrected chi connectivity index (χ1v) is 8.54. The summed E-state index contributed by atoms with van der Waals surface area (Å²) < 4.78 is 1.30. The van der Waals surface area contributed by atoms with Crippen molar-refractivity contribution in [2.24, 2.45) is 0 Å². The van der Waals surface area contributed by atoms with E-state index in [0.29, 0.717) is 6.04 Å². The standard InChI is InChI=1S/C16H20INS/c1-4-18-15(16-9-11(2)12(3)19-16)10-13-5-7-14(17)8-6-13/h5-9,15,18H,4,10H2,1-3H3. The molecule has 3 heteroatoms. The van der Waals surface area contributed by atoms with E-state index in [4.69, 9.17) is 0 Å². The molecule has 1 unspecified atom stereocenters. The Bertz CT molecular complexity index is 511. The highest BCUT2D eigenvalue weighted by molar-refractivity contribution is 14.1. The molecule has 0 saturated carbocycles. The van der Waals surface area contributed by atoms with E-state index in [1.807, 2.05) is 11.3 Å². The Morgan fingerprint density at radius 3 is 2.42 bits per heavy atom. The first-order chi connectivity index (χ1) is 9.10. The minimum absolute atomic E-state index is 0.433. The third-order valence-electron chi connectivity index (χ3n) is 3.33. The van der Waals surface area contributed by atoms with Gasteiger partial charge in [0, 0.05) is 19.4 Å². The van der Waals surface area contributed by atoms with Crippen molar-refractivity contribution < 1.29 is 0 Å². The summed E-state index contributed by atoms with van der Waals surface area (Å²) >= 11 is 4.27. The van der Waals surface area contributed by atoms with Crippen LogP contribution in [0.5, 0.6) is 0 Å². The predicted molar refractivity (Wildman–Crippen MR) is 93.1 cm³/mol. The van der Waals surface area contributed by atoms with Gasteiger partial charge >= 0.3 is 0 Å². The minimum Gasteiger partial charge on any atom is -0.309 e. The molecule has 1 heterocycles. The lowest BCUT2D eigenvalue weighted by molar-refractivity contribution is 0.558. The minimum atomic E-state index is 0.433. The van der Waals surface area contributed by atoms with Crippen molar-refractivity contribution in [2.45, 2.75) is 33.2 Å². The zero-order chi connectivity index (χ0) is 13.8. The average Bonchev–Trinajstić information content (AvgIpc) is 2.72. The maximum atomic E-state index is 3.61. The Morgan fingerprint density at radius 2 is 1.89 bits per heavy atom. The van der Waals surface area contributed by atoms with E-state index in [-0.39, 0.29) is 0 Å². The van der Waals surface area contributed by atoms with Crippen LogP contribution in [0.1, 0.15) is 33.8 Å². The molecule has 2 aromatic rings. The normalized spacial score (nSPS) is 12.6. The largest absolute Gasteiger partial charge is 0.309 e. The first-order valence-electron chi connectivity index (χ1n) is 6.65. The van der Waals surface area contributed by atoms with Crippen LogP contribution in [0.3, 0.4) is 0 Å². The monoisotopic (exact) mass is 385 g/mol. The summed E-state index contributed by atoms with van der Waals surface area (Å²) in [4.78, 5) is 2.89. The van der Waals surface area contributed by atoms with Gasteiger partial charge < -0.3 is 5.32 Å². The zero-order valence-corrected chi connectivity index (χ0v) is 14.6. The quantitative estimate of drug-likeness (QED) is 0.725. The molecule has 0 aliphatic rings. The number of thiophene rings is 1. The molecule has 0 aliphatic carbocycles. The van der Waals surface area contributed by atoms with Crippen molar-refractivity contribution in [3.63, 3.8) is 0 Å². The van der Waals surface area contributed by atoms with Gasteiger partial charge in [0.25, 0.3) is 0 Å². The molecule has 19 heavy (non-hydrogen) atoms. The number of hydrogen-bond acceptors (Lipinski definition) is 2. The van der Waals surface area contributed by atoms with Gasteiger partial charge in [0.1, 0.15) is 0 Å². The van der Waals surface area contributed by atoms with Crippen LogP contribution in [-0.4, -0.2) is 6.54 Å². The first kappa shape index (κ1) is 15.0. The van der Waals surface area contributed by atoms with Gasteiger partial charge in [-0.3, -0.25) is 0 Å². The molecule has 0 spiro atoms. The second-order valence-electron chi connectivity index (χ2n) is 4.83. The molecular weight excluding hydrogens is 365 g/mol. The lowest BCUT2D eigenvalue weighted by atomic mass is 10.0. The number of hydrogen-bond donors (Lipinski definition) is 1. The fourth-order valence-electron chi connectivity index (χ4n) is 2.15. The van der Waals surface area contributed by atoms with E-state index in [1.54, 1.807) is 0 Å². The summed E-state index contributed by atoms with van der Waals surface area (Å²) in [6.07, 6.45) is 1.06. The van der Waals surface area contributed by atoms with E-state index in [1.165, 1.54) is 24.5 Å². The van der Waals surface area contributed by atoms with Gasteiger partial charge in [-0.25, -0.2) is 0 Å². The molecule has 1 aromatic heterocycles. The molecule has 0 bridgehead atoms. The average molecular weight is 385 g/mol. The molecule has 0 radical (unpaired) electrons. The molecule has 1 nitrogen and oxygen atoms in total. The van der Waals surface area contributed by atoms with E-state index >= 15 is 0 Å². The maximum Gasteiger partial charge on any atom is 0.0455 e. The molecule has 0 saturated heterocycles. The molecule has 0 aliphatic heterocycles. The Kier molecular flexibility index (Phi) is 5.42. The smallest absolute Gasteiger partial charge is 0.0455 e. The van der Waals surface area contributed by atoms with E-state index in [2.05, 4.69) is 79.0 Å². The second-order valence-corrected chi connectivity index (χ2v) is 7.36. The van der Waals surface area contributed by atoms with Crippen molar-refractivity contribution in [3.05, 3.63) is 54.8 Å². The third-order valence-corrected chi connectivity index (χ3v) is 5.32. The van der Waals surface area contributed by atoms with Crippen LogP contribution in [0.15, 0.2) is 30.3 Å². The third kappa shape index (κ3) is 4.04. The lowest BCUT2D eigenvalue weighted by Crippen LogP contribution is -2.22. The number of benzene rings is 1. The van der Waals surface area contributed by atoms with Crippen molar-refractivity contribution in [1.29, 1.82) is 0 Å². The molecule has 1 N–H and O–H groups in total. The topological polar surface area (TPSA) is 12.0 Å². The van der Waals surface area contributed by atoms with Gasteiger partial charge in [-0.05, 0) is 78.7 Å². The Labute approximate surface area is 133 Å². The summed E-state index contributed by atoms with van der Waals surface area (Å²) in [5.74, 6) is 0. The van der Waals surface area contributed by atoms with Crippen LogP contribution in [-0.2, 0) is 6.42 Å². The van der Waals surface area contributed by atoms with Crippen molar-refractivity contribution >= 4 is 33.9 Å². The SMILES string of the molecule is CCNC(Cc1ccc(I)cc1)c1cc(C)c(C)s1.